The molecule has 1 unspecified atom stereocenters. The second-order valence-corrected chi connectivity index (χ2v) is 3.64. The average molecular weight is 121 g/mol. The van der Waals surface area contributed by atoms with Crippen LogP contribution in [0.4, 0.5) is 0 Å². The lowest BCUT2D eigenvalue weighted by molar-refractivity contribution is 0.615. The quantitative estimate of drug-likeness (QED) is 0.288. The van der Waals surface area contributed by atoms with Crippen LogP contribution in [-0.2, 0) is 10.2 Å². The highest BCUT2D eigenvalue weighted by Crippen LogP contribution is 2.04. The van der Waals surface area contributed by atoms with Crippen molar-refractivity contribution in [2.45, 2.75) is 0 Å². The van der Waals surface area contributed by atoms with E-state index in [1.807, 2.05) is 0 Å². The van der Waals surface area contributed by atoms with E-state index >= 15 is 0 Å². The van der Waals surface area contributed by atoms with Crippen molar-refractivity contribution in [1.29, 1.82) is 5.26 Å². The molecule has 0 saturated heterocycles. The van der Waals surface area contributed by atoms with Crippen molar-refractivity contribution in [2.75, 3.05) is 6.26 Å². The van der Waals surface area contributed by atoms with Crippen LogP contribution in [0.15, 0.2) is 0 Å². The highest BCUT2D eigenvalue weighted by atomic mass is 33.1. The normalized spacial score (nSPS) is 12.8. The van der Waals surface area contributed by atoms with Crippen molar-refractivity contribution in [1.82, 2.24) is 0 Å². The lowest BCUT2D eigenvalue weighted by Gasteiger charge is -1.89. The summed E-state index contributed by atoms with van der Waals surface area (Å²) in [5.74, 6) is 0. The molecule has 0 heterocycles. The average Bonchev–Trinajstić information content (AvgIpc) is 1.35. The Labute approximate surface area is 43.1 Å². The number of thiocyanates is 1. The Kier molecular flexibility index (Phi) is 3.43. The molecule has 0 aromatic heterocycles. The van der Waals surface area contributed by atoms with Crippen molar-refractivity contribution < 1.29 is 4.55 Å². The first-order valence-electron chi connectivity index (χ1n) is 1.17. The third-order valence-electron chi connectivity index (χ3n) is 0.155. The summed E-state index contributed by atoms with van der Waals surface area (Å²) >= 11 is 0. The highest BCUT2D eigenvalue weighted by molar-refractivity contribution is 8.73. The molecule has 0 N–H and O–H groups in total. The van der Waals surface area contributed by atoms with Crippen LogP contribution in [0.5, 0.6) is 0 Å². The fraction of sp³-hybridized carbons (Fsp3) is 0.500. The van der Waals surface area contributed by atoms with Gasteiger partial charge in [0, 0.05) is 10.2 Å². The van der Waals surface area contributed by atoms with E-state index in [9.17, 15) is 4.55 Å². The van der Waals surface area contributed by atoms with Crippen LogP contribution in [-0.4, -0.2) is 10.8 Å². The topological polar surface area (TPSA) is 46.8 Å². The zero-order valence-corrected chi connectivity index (χ0v) is 4.80. The van der Waals surface area contributed by atoms with E-state index in [-0.39, 0.29) is 0 Å². The minimum atomic E-state index is -1.01. The Morgan fingerprint density at radius 2 is 2.50 bits per heavy atom. The molecule has 0 bridgehead atoms. The Hall–Kier alpha value is 0.150. The van der Waals surface area contributed by atoms with Gasteiger partial charge in [0.1, 0.15) is 6.26 Å². The molecule has 0 aromatic carbocycles. The summed E-state index contributed by atoms with van der Waals surface area (Å²) in [7, 11) is -0.246. The molecule has 0 rings (SSSR count). The van der Waals surface area contributed by atoms with Crippen molar-refractivity contribution in [3.8, 4) is 5.40 Å². The van der Waals surface area contributed by atoms with Crippen molar-refractivity contribution in [2.24, 2.45) is 0 Å². The molecule has 34 valence electrons. The Morgan fingerprint density at radius 1 is 2.00 bits per heavy atom. The van der Waals surface area contributed by atoms with Gasteiger partial charge in [-0.2, -0.15) is 5.26 Å². The van der Waals surface area contributed by atoms with E-state index < -0.39 is 10.2 Å². The van der Waals surface area contributed by atoms with Gasteiger partial charge in [0.15, 0.2) is 5.40 Å². The fourth-order valence-electron chi connectivity index (χ4n) is 0.0525. The summed E-state index contributed by atoms with van der Waals surface area (Å²) in [5, 5.41) is 9.44. The maximum absolute atomic E-state index is 9.90. The predicted octanol–water partition coefficient (Wildman–Crippen LogP) is 0.494. The van der Waals surface area contributed by atoms with Crippen molar-refractivity contribution in [3.05, 3.63) is 0 Å². The van der Waals surface area contributed by atoms with Crippen LogP contribution in [0.1, 0.15) is 0 Å². The van der Waals surface area contributed by atoms with Gasteiger partial charge in [0.25, 0.3) is 0 Å². The van der Waals surface area contributed by atoms with Crippen LogP contribution in [0.2, 0.25) is 0 Å². The van der Waals surface area contributed by atoms with Gasteiger partial charge in [0.2, 0.25) is 10.8 Å². The summed E-state index contributed by atoms with van der Waals surface area (Å²) < 4.78 is 9.90. The molecule has 0 aromatic rings. The molecule has 1 atom stereocenters. The smallest absolute Gasteiger partial charge is 0.208 e. The number of nitriles is 1. The number of hydrogen-bond donors (Lipinski definition) is 0. The van der Waals surface area contributed by atoms with Gasteiger partial charge in [0.05, 0.1) is 0 Å². The fourth-order valence-corrected chi connectivity index (χ4v) is 0.472. The lowest BCUT2D eigenvalue weighted by Crippen LogP contribution is -1.82. The first-order valence-corrected chi connectivity index (χ1v) is 4.06. The summed E-state index contributed by atoms with van der Waals surface area (Å²) in [6.07, 6.45) is 1.47. The molecule has 2 nitrogen and oxygen atoms in total. The van der Waals surface area contributed by atoms with Gasteiger partial charge < -0.3 is 4.55 Å². The van der Waals surface area contributed by atoms with E-state index in [0.29, 0.717) is 0 Å². The first kappa shape index (κ1) is 6.15. The first-order chi connectivity index (χ1) is 2.77. The molecule has 0 spiro atoms. The largest absolute Gasteiger partial charge is 0.605 e. The molecule has 0 radical (unpaired) electrons. The summed E-state index contributed by atoms with van der Waals surface area (Å²) in [6, 6.07) is 0. The third-order valence-corrected chi connectivity index (χ3v) is 1.39. The van der Waals surface area contributed by atoms with Gasteiger partial charge in [-0.3, -0.25) is 0 Å². The number of rotatable bonds is 1. The van der Waals surface area contributed by atoms with Crippen LogP contribution < -0.4 is 0 Å². The number of hydrogen-bond acceptors (Lipinski definition) is 3. The Balaban J connectivity index is 2.88. The molecule has 0 amide bonds. The molecule has 0 aliphatic carbocycles. The minimum Gasteiger partial charge on any atom is -0.605 e. The van der Waals surface area contributed by atoms with Gasteiger partial charge in [-0.25, -0.2) is 0 Å². The van der Waals surface area contributed by atoms with Crippen molar-refractivity contribution >= 4 is 21.0 Å². The van der Waals surface area contributed by atoms with E-state index in [4.69, 9.17) is 5.26 Å². The Morgan fingerprint density at radius 3 is 2.50 bits per heavy atom. The standard InChI is InChI=1S/C2H3NOS2/c1-6(4)5-2-3/h1H3. The molecule has 0 aliphatic rings. The SMILES string of the molecule is C[S+]([O-])SC#N. The molecule has 6 heavy (non-hydrogen) atoms. The van der Waals surface area contributed by atoms with Gasteiger partial charge >= 0.3 is 0 Å². The van der Waals surface area contributed by atoms with E-state index in [1.165, 1.54) is 6.26 Å². The zero-order valence-electron chi connectivity index (χ0n) is 3.17. The van der Waals surface area contributed by atoms with E-state index in [0.717, 1.165) is 10.8 Å². The lowest BCUT2D eigenvalue weighted by atomic mass is 11.8. The second-order valence-electron chi connectivity index (χ2n) is 0.576. The van der Waals surface area contributed by atoms with E-state index in [2.05, 4.69) is 0 Å². The van der Waals surface area contributed by atoms with Crippen molar-refractivity contribution in [3.63, 3.8) is 0 Å². The number of nitrogens with zero attached hydrogens (tertiary/aromatic N) is 1. The highest BCUT2D eigenvalue weighted by Gasteiger charge is 1.92. The van der Waals surface area contributed by atoms with Crippen LogP contribution in [0.3, 0.4) is 0 Å². The van der Waals surface area contributed by atoms with Crippen LogP contribution >= 0.6 is 10.8 Å². The predicted molar refractivity (Wildman–Crippen MR) is 27.3 cm³/mol. The third kappa shape index (κ3) is 4.15. The van der Waals surface area contributed by atoms with Crippen LogP contribution in [0.25, 0.3) is 0 Å². The molecule has 4 heteroatoms. The monoisotopic (exact) mass is 121 g/mol. The van der Waals surface area contributed by atoms with Gasteiger partial charge in [-0.15, -0.1) is 0 Å². The minimum absolute atomic E-state index is 0.764. The maximum atomic E-state index is 9.90. The van der Waals surface area contributed by atoms with Gasteiger partial charge in [-0.05, 0) is 0 Å². The maximum Gasteiger partial charge on any atom is 0.208 e. The molecular weight excluding hydrogens is 118 g/mol. The summed E-state index contributed by atoms with van der Waals surface area (Å²) in [4.78, 5) is 0. The van der Waals surface area contributed by atoms with E-state index in [1.54, 1.807) is 5.40 Å². The molecule has 0 fully saturated rings. The molecule has 0 saturated carbocycles. The van der Waals surface area contributed by atoms with Gasteiger partial charge in [-0.1, -0.05) is 0 Å². The second kappa shape index (κ2) is 3.34. The molecular formula is C2H3NOS2. The molecule has 0 aliphatic heterocycles. The summed E-state index contributed by atoms with van der Waals surface area (Å²) in [5.41, 5.74) is 0. The summed E-state index contributed by atoms with van der Waals surface area (Å²) in [6.45, 7) is 0. The zero-order chi connectivity index (χ0) is 4.99. The van der Waals surface area contributed by atoms with Crippen LogP contribution in [0, 0.1) is 10.7 Å². The Bertz CT molecular complexity index is 66.4.